The number of nitrogens with two attached hydrogens (primary N) is 3. The first-order chi connectivity index (χ1) is 5.63. The zero-order chi connectivity index (χ0) is 8.77. The van der Waals surface area contributed by atoms with E-state index in [1.54, 1.807) is 6.07 Å². The highest BCUT2D eigenvalue weighted by molar-refractivity contribution is 5.69. The van der Waals surface area contributed by atoms with Crippen molar-refractivity contribution < 1.29 is 0 Å². The average molecular weight is 163 g/mol. The van der Waals surface area contributed by atoms with Crippen molar-refractivity contribution in [2.24, 2.45) is 5.73 Å². The minimum Gasteiger partial charge on any atom is -0.397 e. The Morgan fingerprint density at radius 3 is 2.42 bits per heavy atom. The molecule has 1 fully saturated rings. The van der Waals surface area contributed by atoms with E-state index in [0.29, 0.717) is 11.4 Å². The van der Waals surface area contributed by atoms with E-state index in [-0.39, 0.29) is 5.54 Å². The van der Waals surface area contributed by atoms with Crippen LogP contribution in [0.25, 0.3) is 0 Å². The van der Waals surface area contributed by atoms with Gasteiger partial charge in [-0.25, -0.2) is 0 Å². The summed E-state index contributed by atoms with van der Waals surface area (Å²) in [6.07, 6.45) is 2.03. The summed E-state index contributed by atoms with van der Waals surface area (Å²) in [6.45, 7) is 0. The molecule has 0 saturated heterocycles. The van der Waals surface area contributed by atoms with E-state index in [4.69, 9.17) is 17.2 Å². The molecule has 0 atom stereocenters. The fourth-order valence-electron chi connectivity index (χ4n) is 1.42. The van der Waals surface area contributed by atoms with Crippen molar-refractivity contribution >= 4 is 11.4 Å². The number of nitrogen functional groups attached to an aromatic ring is 2. The lowest BCUT2D eigenvalue weighted by Gasteiger charge is -2.13. The molecule has 6 N–H and O–H groups in total. The van der Waals surface area contributed by atoms with Gasteiger partial charge in [-0.1, -0.05) is 12.1 Å². The predicted octanol–water partition coefficient (Wildman–Crippen LogP) is 0.799. The Balaban J connectivity index is 2.51. The van der Waals surface area contributed by atoms with Crippen LogP contribution >= 0.6 is 0 Å². The molecule has 1 aliphatic carbocycles. The number of anilines is 2. The normalized spacial score (nSPS) is 19.1. The summed E-state index contributed by atoms with van der Waals surface area (Å²) in [4.78, 5) is 0. The second-order valence-electron chi connectivity index (χ2n) is 3.46. The first-order valence-corrected chi connectivity index (χ1v) is 4.07. The van der Waals surface area contributed by atoms with Gasteiger partial charge in [0.25, 0.3) is 0 Å². The van der Waals surface area contributed by atoms with Crippen molar-refractivity contribution in [2.75, 3.05) is 11.5 Å². The van der Waals surface area contributed by atoms with Gasteiger partial charge in [-0.05, 0) is 24.5 Å². The van der Waals surface area contributed by atoms with E-state index >= 15 is 0 Å². The summed E-state index contributed by atoms with van der Waals surface area (Å²) >= 11 is 0. The molecule has 0 amide bonds. The monoisotopic (exact) mass is 163 g/mol. The standard InChI is InChI=1S/C9H13N3/c10-7-3-1-2-6(8(7)11)9(12)4-5-9/h1-3H,4-5,10-12H2. The summed E-state index contributed by atoms with van der Waals surface area (Å²) in [5.74, 6) is 0. The van der Waals surface area contributed by atoms with Crippen LogP contribution < -0.4 is 17.2 Å². The molecule has 1 aliphatic rings. The van der Waals surface area contributed by atoms with Crippen LogP contribution in [0.5, 0.6) is 0 Å². The van der Waals surface area contributed by atoms with E-state index < -0.39 is 0 Å². The Bertz CT molecular complexity index is 316. The number of hydrogen-bond donors (Lipinski definition) is 3. The quantitative estimate of drug-likeness (QED) is 0.536. The summed E-state index contributed by atoms with van der Waals surface area (Å²) < 4.78 is 0. The van der Waals surface area contributed by atoms with Crippen LogP contribution in [0.4, 0.5) is 11.4 Å². The molecule has 0 radical (unpaired) electrons. The maximum atomic E-state index is 6.00. The molecule has 64 valence electrons. The highest BCUT2D eigenvalue weighted by Gasteiger charge is 2.41. The summed E-state index contributed by atoms with van der Waals surface area (Å²) in [5, 5.41) is 0. The topological polar surface area (TPSA) is 78.1 Å². The Labute approximate surface area is 71.5 Å². The zero-order valence-electron chi connectivity index (χ0n) is 6.88. The fourth-order valence-corrected chi connectivity index (χ4v) is 1.42. The van der Waals surface area contributed by atoms with Crippen molar-refractivity contribution in [1.82, 2.24) is 0 Å². The van der Waals surface area contributed by atoms with Gasteiger partial charge in [0.2, 0.25) is 0 Å². The van der Waals surface area contributed by atoms with Crippen LogP contribution in [-0.2, 0) is 5.54 Å². The molecule has 1 saturated carbocycles. The molecule has 0 aromatic heterocycles. The van der Waals surface area contributed by atoms with Gasteiger partial charge in [-0.3, -0.25) is 0 Å². The van der Waals surface area contributed by atoms with Crippen LogP contribution in [-0.4, -0.2) is 0 Å². The Kier molecular flexibility index (Phi) is 1.32. The molecule has 0 aliphatic heterocycles. The summed E-state index contributed by atoms with van der Waals surface area (Å²) in [5.41, 5.74) is 19.6. The minimum absolute atomic E-state index is 0.181. The number of rotatable bonds is 1. The van der Waals surface area contributed by atoms with Crippen molar-refractivity contribution in [1.29, 1.82) is 0 Å². The van der Waals surface area contributed by atoms with Crippen LogP contribution in [0.15, 0.2) is 18.2 Å². The Morgan fingerprint density at radius 2 is 1.83 bits per heavy atom. The lowest BCUT2D eigenvalue weighted by Crippen LogP contribution is -2.20. The first-order valence-electron chi connectivity index (χ1n) is 4.07. The van der Waals surface area contributed by atoms with Gasteiger partial charge >= 0.3 is 0 Å². The van der Waals surface area contributed by atoms with Gasteiger partial charge in [0.05, 0.1) is 11.4 Å². The largest absolute Gasteiger partial charge is 0.397 e. The van der Waals surface area contributed by atoms with E-state index in [9.17, 15) is 0 Å². The van der Waals surface area contributed by atoms with E-state index in [2.05, 4.69) is 0 Å². The third-order valence-corrected chi connectivity index (χ3v) is 2.46. The minimum atomic E-state index is -0.181. The number of para-hydroxylation sites is 1. The maximum absolute atomic E-state index is 6.00. The first kappa shape index (κ1) is 7.43. The van der Waals surface area contributed by atoms with Crippen molar-refractivity contribution in [2.45, 2.75) is 18.4 Å². The Hall–Kier alpha value is -1.22. The highest BCUT2D eigenvalue weighted by atomic mass is 14.8. The SMILES string of the molecule is Nc1cccc(C2(N)CC2)c1N. The van der Waals surface area contributed by atoms with E-state index in [0.717, 1.165) is 18.4 Å². The second-order valence-corrected chi connectivity index (χ2v) is 3.46. The van der Waals surface area contributed by atoms with Gasteiger partial charge in [0.1, 0.15) is 0 Å². The average Bonchev–Trinajstić information content (AvgIpc) is 2.75. The van der Waals surface area contributed by atoms with E-state index in [1.165, 1.54) is 0 Å². The van der Waals surface area contributed by atoms with Gasteiger partial charge < -0.3 is 17.2 Å². The van der Waals surface area contributed by atoms with Gasteiger partial charge in [0, 0.05) is 5.54 Å². The molecule has 0 unspecified atom stereocenters. The molecule has 3 heteroatoms. The highest BCUT2D eigenvalue weighted by Crippen LogP contribution is 2.45. The fraction of sp³-hybridized carbons (Fsp3) is 0.333. The zero-order valence-corrected chi connectivity index (χ0v) is 6.88. The molecule has 1 aromatic rings. The number of benzene rings is 1. The number of hydrogen-bond acceptors (Lipinski definition) is 3. The molecule has 3 nitrogen and oxygen atoms in total. The smallest absolute Gasteiger partial charge is 0.0599 e. The maximum Gasteiger partial charge on any atom is 0.0599 e. The molecule has 2 rings (SSSR count). The lowest BCUT2D eigenvalue weighted by molar-refractivity contribution is 0.743. The molecular weight excluding hydrogens is 150 g/mol. The summed E-state index contributed by atoms with van der Waals surface area (Å²) in [7, 11) is 0. The van der Waals surface area contributed by atoms with Gasteiger partial charge in [-0.15, -0.1) is 0 Å². The summed E-state index contributed by atoms with van der Waals surface area (Å²) in [6, 6.07) is 5.65. The lowest BCUT2D eigenvalue weighted by atomic mass is 10.0. The molecule has 0 heterocycles. The van der Waals surface area contributed by atoms with Crippen molar-refractivity contribution in [3.05, 3.63) is 23.8 Å². The van der Waals surface area contributed by atoms with Crippen LogP contribution in [0, 0.1) is 0 Å². The third-order valence-electron chi connectivity index (χ3n) is 2.46. The molecular formula is C9H13N3. The van der Waals surface area contributed by atoms with Gasteiger partial charge in [0.15, 0.2) is 0 Å². The van der Waals surface area contributed by atoms with Crippen LogP contribution in [0.2, 0.25) is 0 Å². The van der Waals surface area contributed by atoms with Gasteiger partial charge in [-0.2, -0.15) is 0 Å². The predicted molar refractivity (Wildman–Crippen MR) is 50.4 cm³/mol. The molecule has 12 heavy (non-hydrogen) atoms. The van der Waals surface area contributed by atoms with E-state index in [1.807, 2.05) is 12.1 Å². The van der Waals surface area contributed by atoms with Crippen LogP contribution in [0.3, 0.4) is 0 Å². The second kappa shape index (κ2) is 2.14. The molecule has 1 aromatic carbocycles. The van der Waals surface area contributed by atoms with Crippen molar-refractivity contribution in [3.8, 4) is 0 Å². The molecule has 0 spiro atoms. The van der Waals surface area contributed by atoms with Crippen molar-refractivity contribution in [3.63, 3.8) is 0 Å². The third kappa shape index (κ3) is 0.940. The Morgan fingerprint density at radius 1 is 1.17 bits per heavy atom. The van der Waals surface area contributed by atoms with Crippen LogP contribution in [0.1, 0.15) is 18.4 Å². The molecule has 0 bridgehead atoms.